The molecule has 0 radical (unpaired) electrons. The molecule has 102 valence electrons. The minimum Gasteiger partial charge on any atom is -0.486 e. The molecular weight excluding hydrogens is 456 g/mol. The number of alkyl halides is 1. The van der Waals surface area contributed by atoms with Crippen molar-refractivity contribution < 1.29 is 4.74 Å². The molecule has 0 aliphatic rings. The van der Waals surface area contributed by atoms with E-state index >= 15 is 0 Å². The van der Waals surface area contributed by atoms with E-state index in [9.17, 15) is 0 Å². The summed E-state index contributed by atoms with van der Waals surface area (Å²) < 4.78 is 7.86. The highest BCUT2D eigenvalue weighted by Crippen LogP contribution is 2.36. The highest BCUT2D eigenvalue weighted by molar-refractivity contribution is 9.11. The highest BCUT2D eigenvalue weighted by atomic mass is 79.9. The molecule has 0 amide bonds. The molecule has 0 saturated heterocycles. The fourth-order valence-electron chi connectivity index (χ4n) is 1.66. The summed E-state index contributed by atoms with van der Waals surface area (Å²) >= 11 is 12.4. The lowest BCUT2D eigenvalue weighted by Gasteiger charge is -2.11. The van der Waals surface area contributed by atoms with Crippen molar-refractivity contribution in [1.29, 1.82) is 0 Å². The lowest BCUT2D eigenvalue weighted by molar-refractivity contribution is 0.305. The lowest BCUT2D eigenvalue weighted by Crippen LogP contribution is -1.95. The summed E-state index contributed by atoms with van der Waals surface area (Å²) in [4.78, 5) is 2.64. The average Bonchev–Trinajstić information content (AvgIpc) is 2.85. The van der Waals surface area contributed by atoms with Crippen molar-refractivity contribution in [3.63, 3.8) is 0 Å². The number of thiophene rings is 1. The quantitative estimate of drug-likeness (QED) is 0.467. The first-order valence-electron chi connectivity index (χ1n) is 5.88. The van der Waals surface area contributed by atoms with Gasteiger partial charge >= 0.3 is 0 Å². The van der Waals surface area contributed by atoms with Crippen molar-refractivity contribution in [3.05, 3.63) is 48.5 Å². The normalized spacial score (nSPS) is 10.7. The van der Waals surface area contributed by atoms with E-state index in [0.717, 1.165) is 26.4 Å². The molecule has 0 saturated carbocycles. The van der Waals surface area contributed by atoms with Gasteiger partial charge < -0.3 is 4.74 Å². The minimum atomic E-state index is 0.607. The molecule has 2 rings (SSSR count). The van der Waals surface area contributed by atoms with Gasteiger partial charge in [-0.1, -0.05) is 22.9 Å². The summed E-state index contributed by atoms with van der Waals surface area (Å²) in [7, 11) is 0. The molecule has 1 aromatic carbocycles. The van der Waals surface area contributed by atoms with Crippen LogP contribution in [0.15, 0.2) is 33.2 Å². The van der Waals surface area contributed by atoms with Crippen molar-refractivity contribution in [2.45, 2.75) is 25.3 Å². The van der Waals surface area contributed by atoms with Crippen LogP contribution in [-0.4, -0.2) is 0 Å². The van der Waals surface area contributed by atoms with Crippen LogP contribution in [0.5, 0.6) is 5.75 Å². The second-order valence-corrected chi connectivity index (χ2v) is 7.55. The number of rotatable bonds is 5. The van der Waals surface area contributed by atoms with Gasteiger partial charge in [0.15, 0.2) is 0 Å². The topological polar surface area (TPSA) is 9.23 Å². The molecule has 1 heterocycles. The number of halogens is 3. The third kappa shape index (κ3) is 4.06. The Morgan fingerprint density at radius 3 is 2.26 bits per heavy atom. The summed E-state index contributed by atoms with van der Waals surface area (Å²) in [5, 5.41) is 0.829. The van der Waals surface area contributed by atoms with Gasteiger partial charge in [0.25, 0.3) is 0 Å². The van der Waals surface area contributed by atoms with Gasteiger partial charge in [0.05, 0.1) is 8.95 Å². The van der Waals surface area contributed by atoms with E-state index in [-0.39, 0.29) is 0 Å². The molecular formula is C14H13Br3OS. The molecule has 0 atom stereocenters. The van der Waals surface area contributed by atoms with E-state index in [1.165, 1.54) is 15.3 Å². The standard InChI is InChI=1S/C14H13Br3OS/c1-2-10-3-4-11(19-10)8-18-14-12(16)5-9(7-15)6-13(14)17/h3-6H,2,7-8H2,1H3. The van der Waals surface area contributed by atoms with Gasteiger partial charge in [0, 0.05) is 15.1 Å². The Bertz CT molecular complexity index is 543. The van der Waals surface area contributed by atoms with E-state index in [0.29, 0.717) is 6.61 Å². The Morgan fingerprint density at radius 2 is 1.74 bits per heavy atom. The van der Waals surface area contributed by atoms with Crippen LogP contribution in [0.4, 0.5) is 0 Å². The van der Waals surface area contributed by atoms with Crippen LogP contribution in [0.3, 0.4) is 0 Å². The van der Waals surface area contributed by atoms with Gasteiger partial charge in [-0.3, -0.25) is 0 Å². The van der Waals surface area contributed by atoms with Crippen molar-refractivity contribution in [1.82, 2.24) is 0 Å². The third-order valence-electron chi connectivity index (χ3n) is 2.64. The predicted molar refractivity (Wildman–Crippen MR) is 92.5 cm³/mol. The van der Waals surface area contributed by atoms with Crippen LogP contribution in [-0.2, 0) is 18.4 Å². The predicted octanol–water partition coefficient (Wildman–Crippen LogP) is 6.31. The van der Waals surface area contributed by atoms with Crippen molar-refractivity contribution in [3.8, 4) is 5.75 Å². The van der Waals surface area contributed by atoms with E-state index in [1.807, 2.05) is 11.3 Å². The number of ether oxygens (including phenoxy) is 1. The summed E-state index contributed by atoms with van der Waals surface area (Å²) in [6.07, 6.45) is 1.08. The van der Waals surface area contributed by atoms with Crippen molar-refractivity contribution in [2.75, 3.05) is 0 Å². The number of hydrogen-bond donors (Lipinski definition) is 0. The number of benzene rings is 1. The van der Waals surface area contributed by atoms with Gasteiger partial charge in [-0.25, -0.2) is 0 Å². The zero-order chi connectivity index (χ0) is 13.8. The maximum Gasteiger partial charge on any atom is 0.148 e. The molecule has 0 fully saturated rings. The van der Waals surface area contributed by atoms with Gasteiger partial charge in [-0.05, 0) is 68.1 Å². The first-order valence-corrected chi connectivity index (χ1v) is 9.40. The van der Waals surface area contributed by atoms with Crippen molar-refractivity contribution >= 4 is 59.1 Å². The Labute approximate surface area is 142 Å². The summed E-state index contributed by atoms with van der Waals surface area (Å²) in [6.45, 7) is 2.78. The Kier molecular flexibility index (Phi) is 5.93. The molecule has 0 aliphatic heterocycles. The first-order chi connectivity index (χ1) is 9.13. The fourth-order valence-corrected chi connectivity index (χ4v) is 4.37. The van der Waals surface area contributed by atoms with E-state index < -0.39 is 0 Å². The second kappa shape index (κ2) is 7.25. The monoisotopic (exact) mass is 466 g/mol. The molecule has 0 unspecified atom stereocenters. The molecule has 1 aromatic heterocycles. The third-order valence-corrected chi connectivity index (χ3v) is 5.67. The lowest BCUT2D eigenvalue weighted by atomic mass is 10.2. The fraction of sp³-hybridized carbons (Fsp3) is 0.286. The van der Waals surface area contributed by atoms with Crippen LogP contribution in [0.2, 0.25) is 0 Å². The molecule has 0 bridgehead atoms. The molecule has 5 heteroatoms. The van der Waals surface area contributed by atoms with Gasteiger partial charge in [-0.15, -0.1) is 11.3 Å². The highest BCUT2D eigenvalue weighted by Gasteiger charge is 2.09. The van der Waals surface area contributed by atoms with Crippen molar-refractivity contribution in [2.24, 2.45) is 0 Å². The number of aryl methyl sites for hydroxylation is 1. The average molecular weight is 469 g/mol. The van der Waals surface area contributed by atoms with Gasteiger partial charge in [0.1, 0.15) is 12.4 Å². The maximum absolute atomic E-state index is 5.91. The first kappa shape index (κ1) is 15.5. The Balaban J connectivity index is 2.11. The molecule has 0 spiro atoms. The van der Waals surface area contributed by atoms with Crippen LogP contribution in [0.1, 0.15) is 22.2 Å². The largest absolute Gasteiger partial charge is 0.486 e. The molecule has 0 N–H and O–H groups in total. The SMILES string of the molecule is CCc1ccc(COc2c(Br)cc(CBr)cc2Br)s1. The summed E-state index contributed by atoms with van der Waals surface area (Å²) in [5.74, 6) is 0.858. The summed E-state index contributed by atoms with van der Waals surface area (Å²) in [6, 6.07) is 8.45. The minimum absolute atomic E-state index is 0.607. The molecule has 2 aromatic rings. The Morgan fingerprint density at radius 1 is 1.11 bits per heavy atom. The molecule has 0 aliphatic carbocycles. The van der Waals surface area contributed by atoms with Crippen LogP contribution in [0, 0.1) is 0 Å². The van der Waals surface area contributed by atoms with Crippen LogP contribution in [0.25, 0.3) is 0 Å². The van der Waals surface area contributed by atoms with Crippen LogP contribution < -0.4 is 4.74 Å². The van der Waals surface area contributed by atoms with E-state index in [1.54, 1.807) is 0 Å². The summed E-state index contributed by atoms with van der Waals surface area (Å²) in [5.41, 5.74) is 1.20. The van der Waals surface area contributed by atoms with E-state index in [2.05, 4.69) is 79.0 Å². The Hall–Kier alpha value is 0.160. The van der Waals surface area contributed by atoms with Gasteiger partial charge in [0.2, 0.25) is 0 Å². The second-order valence-electron chi connectivity index (χ2n) is 4.03. The molecule has 19 heavy (non-hydrogen) atoms. The zero-order valence-electron chi connectivity index (χ0n) is 10.4. The van der Waals surface area contributed by atoms with Gasteiger partial charge in [-0.2, -0.15) is 0 Å². The zero-order valence-corrected chi connectivity index (χ0v) is 16.0. The molecule has 1 nitrogen and oxygen atoms in total. The van der Waals surface area contributed by atoms with Crippen LogP contribution >= 0.6 is 59.1 Å². The number of hydrogen-bond acceptors (Lipinski definition) is 2. The smallest absolute Gasteiger partial charge is 0.148 e. The van der Waals surface area contributed by atoms with E-state index in [4.69, 9.17) is 4.74 Å². The maximum atomic E-state index is 5.91.